The third kappa shape index (κ3) is 1.94. The number of nitrogens with zero attached hydrogens (tertiary/aromatic N) is 2. The lowest BCUT2D eigenvalue weighted by atomic mass is 10.1. The Balaban J connectivity index is 2.64. The highest BCUT2D eigenvalue weighted by Gasteiger charge is 2.15. The number of hydrogen-bond acceptors (Lipinski definition) is 3. The van der Waals surface area contributed by atoms with E-state index >= 15 is 0 Å². The van der Waals surface area contributed by atoms with Crippen molar-refractivity contribution in [3.8, 4) is 5.69 Å². The molecule has 0 radical (unpaired) electrons. The molecule has 0 amide bonds. The molecule has 1 heterocycles. The number of carboxylic acids is 1. The zero-order chi connectivity index (χ0) is 12.4. The van der Waals surface area contributed by atoms with Crippen molar-refractivity contribution in [2.45, 2.75) is 6.92 Å². The van der Waals surface area contributed by atoms with Gasteiger partial charge in [-0.3, -0.25) is 4.79 Å². The number of benzene rings is 1. The van der Waals surface area contributed by atoms with Crippen LogP contribution in [-0.4, -0.2) is 26.6 Å². The number of carboxylic acid groups (broad SMARTS) is 1. The minimum Gasteiger partial charge on any atom is -0.477 e. The van der Waals surface area contributed by atoms with Crippen LogP contribution in [0.4, 0.5) is 0 Å². The van der Waals surface area contributed by atoms with Crippen molar-refractivity contribution in [1.82, 2.24) is 9.78 Å². The molecule has 0 saturated carbocycles. The van der Waals surface area contributed by atoms with Crippen molar-refractivity contribution < 1.29 is 14.7 Å². The summed E-state index contributed by atoms with van der Waals surface area (Å²) in [6.45, 7) is 1.43. The number of para-hydroxylation sites is 1. The second kappa shape index (κ2) is 4.21. The summed E-state index contributed by atoms with van der Waals surface area (Å²) in [6, 6.07) is 8.15. The van der Waals surface area contributed by atoms with Gasteiger partial charge in [0.2, 0.25) is 0 Å². The molecule has 86 valence electrons. The molecule has 0 fully saturated rings. The van der Waals surface area contributed by atoms with Crippen molar-refractivity contribution in [3.05, 3.63) is 47.8 Å². The van der Waals surface area contributed by atoms with E-state index in [1.54, 1.807) is 24.3 Å². The molecule has 0 unspecified atom stereocenters. The van der Waals surface area contributed by atoms with Crippen molar-refractivity contribution in [1.29, 1.82) is 0 Å². The zero-order valence-electron chi connectivity index (χ0n) is 9.12. The van der Waals surface area contributed by atoms with Gasteiger partial charge < -0.3 is 5.11 Å². The second-order valence-corrected chi connectivity index (χ2v) is 3.51. The summed E-state index contributed by atoms with van der Waals surface area (Å²) in [5.41, 5.74) is 0.944. The Bertz CT molecular complexity index is 587. The molecule has 0 aliphatic rings. The van der Waals surface area contributed by atoms with Crippen LogP contribution in [-0.2, 0) is 0 Å². The minimum atomic E-state index is -1.08. The van der Waals surface area contributed by atoms with Crippen LogP contribution in [0.5, 0.6) is 0 Å². The average molecular weight is 230 g/mol. The Morgan fingerprint density at radius 2 is 1.94 bits per heavy atom. The number of carbonyl (C=O) groups is 2. The van der Waals surface area contributed by atoms with Crippen LogP contribution >= 0.6 is 0 Å². The molecule has 2 aromatic rings. The van der Waals surface area contributed by atoms with Gasteiger partial charge in [-0.2, -0.15) is 5.10 Å². The maximum atomic E-state index is 11.5. The van der Waals surface area contributed by atoms with Crippen LogP contribution in [0, 0.1) is 0 Å². The smallest absolute Gasteiger partial charge is 0.354 e. The first-order valence-electron chi connectivity index (χ1n) is 4.99. The highest BCUT2D eigenvalue weighted by Crippen LogP contribution is 2.16. The van der Waals surface area contributed by atoms with Gasteiger partial charge in [0.05, 0.1) is 11.9 Å². The van der Waals surface area contributed by atoms with Gasteiger partial charge in [0.25, 0.3) is 0 Å². The zero-order valence-corrected chi connectivity index (χ0v) is 9.12. The summed E-state index contributed by atoms with van der Waals surface area (Å²) in [5, 5.41) is 12.9. The Morgan fingerprint density at radius 1 is 1.24 bits per heavy atom. The van der Waals surface area contributed by atoms with Gasteiger partial charge in [-0.15, -0.1) is 0 Å². The van der Waals surface area contributed by atoms with Gasteiger partial charge in [0.1, 0.15) is 0 Å². The maximum absolute atomic E-state index is 11.5. The first kappa shape index (κ1) is 11.1. The lowest BCUT2D eigenvalue weighted by molar-refractivity contribution is 0.0686. The van der Waals surface area contributed by atoms with Gasteiger partial charge in [-0.1, -0.05) is 12.1 Å². The predicted octanol–water partition coefficient (Wildman–Crippen LogP) is 1.77. The lowest BCUT2D eigenvalue weighted by Crippen LogP contribution is -2.11. The van der Waals surface area contributed by atoms with E-state index in [0.29, 0.717) is 11.3 Å². The molecule has 5 nitrogen and oxygen atoms in total. The Kier molecular flexibility index (Phi) is 2.74. The summed E-state index contributed by atoms with van der Waals surface area (Å²) >= 11 is 0. The lowest BCUT2D eigenvalue weighted by Gasteiger charge is -2.08. The SMILES string of the molecule is CC(=O)c1ccccc1-n1nccc1C(=O)O. The summed E-state index contributed by atoms with van der Waals surface area (Å²) in [6.07, 6.45) is 1.39. The van der Waals surface area contributed by atoms with Gasteiger partial charge in [-0.05, 0) is 25.1 Å². The number of Topliss-reactive ketones (excluding diaryl/α,β-unsaturated/α-hetero) is 1. The van der Waals surface area contributed by atoms with Crippen LogP contribution in [0.3, 0.4) is 0 Å². The average Bonchev–Trinajstić information content (AvgIpc) is 2.77. The largest absolute Gasteiger partial charge is 0.477 e. The van der Waals surface area contributed by atoms with Gasteiger partial charge in [-0.25, -0.2) is 9.48 Å². The van der Waals surface area contributed by atoms with Gasteiger partial charge in [0, 0.05) is 5.56 Å². The molecular formula is C12H10N2O3. The van der Waals surface area contributed by atoms with Crippen molar-refractivity contribution in [3.63, 3.8) is 0 Å². The van der Waals surface area contributed by atoms with Crippen molar-refractivity contribution >= 4 is 11.8 Å². The predicted molar refractivity (Wildman–Crippen MR) is 60.5 cm³/mol. The molecule has 0 atom stereocenters. The van der Waals surface area contributed by atoms with Crippen LogP contribution in [0.1, 0.15) is 27.8 Å². The number of carbonyl (C=O) groups excluding carboxylic acids is 1. The summed E-state index contributed by atoms with van der Waals surface area (Å²) in [4.78, 5) is 22.4. The number of aromatic nitrogens is 2. The topological polar surface area (TPSA) is 72.2 Å². The third-order valence-electron chi connectivity index (χ3n) is 2.37. The highest BCUT2D eigenvalue weighted by atomic mass is 16.4. The van der Waals surface area contributed by atoms with Gasteiger partial charge in [0.15, 0.2) is 11.5 Å². The fourth-order valence-electron chi connectivity index (χ4n) is 1.61. The molecule has 17 heavy (non-hydrogen) atoms. The van der Waals surface area contributed by atoms with E-state index in [-0.39, 0.29) is 11.5 Å². The van der Waals surface area contributed by atoms with Gasteiger partial charge >= 0.3 is 5.97 Å². The molecule has 0 spiro atoms. The normalized spacial score (nSPS) is 10.2. The summed E-state index contributed by atoms with van der Waals surface area (Å²) < 4.78 is 1.25. The molecule has 1 N–H and O–H groups in total. The van der Waals surface area contributed by atoms with Crippen molar-refractivity contribution in [2.24, 2.45) is 0 Å². The molecule has 0 aliphatic carbocycles. The van der Waals surface area contributed by atoms with Crippen LogP contribution in [0.15, 0.2) is 36.5 Å². The standard InChI is InChI=1S/C12H10N2O3/c1-8(15)9-4-2-3-5-10(9)14-11(12(16)17)6-7-13-14/h2-7H,1H3,(H,16,17). The van der Waals surface area contributed by atoms with E-state index in [4.69, 9.17) is 5.11 Å². The monoisotopic (exact) mass is 230 g/mol. The number of ketones is 1. The number of aromatic carboxylic acids is 1. The van der Waals surface area contributed by atoms with E-state index in [0.717, 1.165) is 0 Å². The summed E-state index contributed by atoms with van der Waals surface area (Å²) in [7, 11) is 0. The molecule has 1 aromatic carbocycles. The first-order chi connectivity index (χ1) is 8.11. The van der Waals surface area contributed by atoms with E-state index in [9.17, 15) is 9.59 Å². The molecule has 1 aromatic heterocycles. The first-order valence-corrected chi connectivity index (χ1v) is 4.99. The minimum absolute atomic E-state index is 0.0266. The van der Waals surface area contributed by atoms with E-state index in [1.807, 2.05) is 0 Å². The van der Waals surface area contributed by atoms with Crippen LogP contribution < -0.4 is 0 Å². The Labute approximate surface area is 97.3 Å². The molecule has 0 bridgehead atoms. The maximum Gasteiger partial charge on any atom is 0.354 e. The molecular weight excluding hydrogens is 220 g/mol. The van der Waals surface area contributed by atoms with Crippen LogP contribution in [0.25, 0.3) is 5.69 Å². The number of rotatable bonds is 3. The molecule has 5 heteroatoms. The Hall–Kier alpha value is -2.43. The molecule has 0 saturated heterocycles. The highest BCUT2D eigenvalue weighted by molar-refractivity contribution is 5.98. The fourth-order valence-corrected chi connectivity index (χ4v) is 1.61. The molecule has 2 rings (SSSR count). The molecule has 0 aliphatic heterocycles. The third-order valence-corrected chi connectivity index (χ3v) is 2.37. The second-order valence-electron chi connectivity index (χ2n) is 3.51. The van der Waals surface area contributed by atoms with E-state index < -0.39 is 5.97 Å². The Morgan fingerprint density at radius 3 is 2.59 bits per heavy atom. The fraction of sp³-hybridized carbons (Fsp3) is 0.0833. The van der Waals surface area contributed by atoms with E-state index in [2.05, 4.69) is 5.10 Å². The van der Waals surface area contributed by atoms with Crippen molar-refractivity contribution in [2.75, 3.05) is 0 Å². The summed E-state index contributed by atoms with van der Waals surface area (Å²) in [5.74, 6) is -1.21. The quantitative estimate of drug-likeness (QED) is 0.815. The number of hydrogen-bond donors (Lipinski definition) is 1. The van der Waals surface area contributed by atoms with E-state index in [1.165, 1.54) is 23.9 Å². The van der Waals surface area contributed by atoms with Crippen LogP contribution in [0.2, 0.25) is 0 Å².